The van der Waals surface area contributed by atoms with Crippen LogP contribution in [0.1, 0.15) is 31.7 Å². The number of nitrogens with zero attached hydrogens (tertiary/aromatic N) is 3. The SMILES string of the molecule is CCC(=O)N(c1nnc(SCC(O)COCc2ccc(OC)c(OC)c2)s1)C1CC1. The number of hydrogen-bond acceptors (Lipinski definition) is 9. The average molecular weight is 454 g/mol. The van der Waals surface area contributed by atoms with Crippen LogP contribution in [0.2, 0.25) is 0 Å². The molecular weight excluding hydrogens is 426 g/mol. The van der Waals surface area contributed by atoms with Crippen molar-refractivity contribution in [1.82, 2.24) is 10.2 Å². The summed E-state index contributed by atoms with van der Waals surface area (Å²) in [6.07, 6.45) is 1.85. The molecule has 1 heterocycles. The van der Waals surface area contributed by atoms with Crippen LogP contribution in [0.4, 0.5) is 5.13 Å². The first-order valence-corrected chi connectivity index (χ1v) is 11.6. The Balaban J connectivity index is 1.43. The molecule has 0 radical (unpaired) electrons. The second-order valence-corrected chi connectivity index (χ2v) is 9.09. The molecule has 1 atom stereocenters. The minimum absolute atomic E-state index is 0.0776. The minimum atomic E-state index is -0.640. The van der Waals surface area contributed by atoms with Gasteiger partial charge in [-0.25, -0.2) is 0 Å². The van der Waals surface area contributed by atoms with Crippen molar-refractivity contribution in [2.24, 2.45) is 0 Å². The van der Waals surface area contributed by atoms with Crippen molar-refractivity contribution in [1.29, 1.82) is 0 Å². The highest BCUT2D eigenvalue weighted by Crippen LogP contribution is 2.36. The number of aliphatic hydroxyl groups is 1. The molecule has 1 saturated carbocycles. The predicted molar refractivity (Wildman–Crippen MR) is 117 cm³/mol. The molecule has 164 valence electrons. The Kier molecular flexibility index (Phi) is 8.32. The fourth-order valence-corrected chi connectivity index (χ4v) is 4.69. The summed E-state index contributed by atoms with van der Waals surface area (Å²) in [6.45, 7) is 2.42. The smallest absolute Gasteiger partial charge is 0.228 e. The maximum absolute atomic E-state index is 12.2. The maximum Gasteiger partial charge on any atom is 0.228 e. The van der Waals surface area contributed by atoms with Crippen molar-refractivity contribution in [3.05, 3.63) is 23.8 Å². The van der Waals surface area contributed by atoms with Crippen LogP contribution >= 0.6 is 23.1 Å². The zero-order valence-electron chi connectivity index (χ0n) is 17.4. The van der Waals surface area contributed by atoms with Crippen LogP contribution in [0.15, 0.2) is 22.5 Å². The summed E-state index contributed by atoms with van der Waals surface area (Å²) in [7, 11) is 3.18. The lowest BCUT2D eigenvalue weighted by Crippen LogP contribution is -2.32. The van der Waals surface area contributed by atoms with E-state index in [1.807, 2.05) is 25.1 Å². The molecule has 2 aromatic rings. The number of aliphatic hydroxyl groups excluding tert-OH is 1. The lowest BCUT2D eigenvalue weighted by Gasteiger charge is -2.17. The van der Waals surface area contributed by atoms with Gasteiger partial charge in [0.1, 0.15) is 0 Å². The van der Waals surface area contributed by atoms with Crippen LogP contribution < -0.4 is 14.4 Å². The van der Waals surface area contributed by atoms with Crippen LogP contribution in [-0.4, -0.2) is 59.9 Å². The second kappa shape index (κ2) is 10.9. The van der Waals surface area contributed by atoms with Gasteiger partial charge in [-0.1, -0.05) is 36.1 Å². The quantitative estimate of drug-likeness (QED) is 0.387. The number of carbonyl (C=O) groups excluding carboxylic acids is 1. The molecule has 0 bridgehead atoms. The molecule has 0 spiro atoms. The van der Waals surface area contributed by atoms with Gasteiger partial charge in [0.2, 0.25) is 11.0 Å². The van der Waals surface area contributed by atoms with Gasteiger partial charge in [0.05, 0.1) is 33.5 Å². The van der Waals surface area contributed by atoms with Crippen molar-refractivity contribution < 1.29 is 24.1 Å². The number of thioether (sulfide) groups is 1. The summed E-state index contributed by atoms with van der Waals surface area (Å²) in [4.78, 5) is 13.9. The summed E-state index contributed by atoms with van der Waals surface area (Å²) in [5.41, 5.74) is 0.932. The van der Waals surface area contributed by atoms with Crippen LogP contribution in [0.5, 0.6) is 11.5 Å². The van der Waals surface area contributed by atoms with E-state index in [0.29, 0.717) is 35.4 Å². The monoisotopic (exact) mass is 453 g/mol. The number of methoxy groups -OCH3 is 2. The maximum atomic E-state index is 12.2. The standard InChI is InChI=1S/C20H27N3O5S2/c1-4-18(25)23(14-6-7-14)19-21-22-20(30-19)29-12-15(24)11-28-10-13-5-8-16(26-2)17(9-13)27-3/h5,8-9,14-15,24H,4,6-7,10-12H2,1-3H3. The lowest BCUT2D eigenvalue weighted by molar-refractivity contribution is -0.118. The molecule has 8 nitrogen and oxygen atoms in total. The highest BCUT2D eigenvalue weighted by Gasteiger charge is 2.35. The number of hydrogen-bond donors (Lipinski definition) is 1. The highest BCUT2D eigenvalue weighted by molar-refractivity contribution is 8.01. The van der Waals surface area contributed by atoms with E-state index in [1.54, 1.807) is 19.1 Å². The number of rotatable bonds is 12. The van der Waals surface area contributed by atoms with Gasteiger partial charge in [0, 0.05) is 18.2 Å². The van der Waals surface area contributed by atoms with E-state index in [0.717, 1.165) is 22.7 Å². The zero-order valence-corrected chi connectivity index (χ0v) is 19.0. The molecule has 0 aliphatic heterocycles. The fourth-order valence-electron chi connectivity index (χ4n) is 2.83. The van der Waals surface area contributed by atoms with Gasteiger partial charge in [-0.3, -0.25) is 9.69 Å². The van der Waals surface area contributed by atoms with Gasteiger partial charge in [-0.2, -0.15) is 0 Å². The lowest BCUT2D eigenvalue weighted by atomic mass is 10.2. The van der Waals surface area contributed by atoms with Crippen LogP contribution in [0.3, 0.4) is 0 Å². The third kappa shape index (κ3) is 6.07. The molecule has 1 amide bonds. The topological polar surface area (TPSA) is 94.0 Å². The molecule has 1 aromatic carbocycles. The average Bonchev–Trinajstić information content (AvgIpc) is 3.49. The molecule has 1 aliphatic carbocycles. The third-order valence-corrected chi connectivity index (χ3v) is 6.71. The van der Waals surface area contributed by atoms with E-state index in [2.05, 4.69) is 10.2 Å². The van der Waals surface area contributed by atoms with Gasteiger partial charge >= 0.3 is 0 Å². The summed E-state index contributed by atoms with van der Waals surface area (Å²) in [5, 5.41) is 19.2. The molecule has 1 fully saturated rings. The molecule has 3 rings (SSSR count). The summed E-state index contributed by atoms with van der Waals surface area (Å²) in [5.74, 6) is 1.82. The van der Waals surface area contributed by atoms with E-state index in [1.165, 1.54) is 23.1 Å². The molecule has 1 aromatic heterocycles. The van der Waals surface area contributed by atoms with Crippen molar-refractivity contribution in [3.8, 4) is 11.5 Å². The van der Waals surface area contributed by atoms with Gasteiger partial charge in [0.15, 0.2) is 15.8 Å². The van der Waals surface area contributed by atoms with E-state index >= 15 is 0 Å². The highest BCUT2D eigenvalue weighted by atomic mass is 32.2. The van der Waals surface area contributed by atoms with Gasteiger partial charge < -0.3 is 19.3 Å². The second-order valence-electron chi connectivity index (χ2n) is 6.87. The summed E-state index contributed by atoms with van der Waals surface area (Å²) < 4.78 is 16.9. The van der Waals surface area contributed by atoms with Gasteiger partial charge in [-0.15, -0.1) is 10.2 Å². The Bertz CT molecular complexity index is 844. The van der Waals surface area contributed by atoms with E-state index in [4.69, 9.17) is 14.2 Å². The van der Waals surface area contributed by atoms with Crippen molar-refractivity contribution >= 4 is 34.1 Å². The molecular formula is C20H27N3O5S2. The minimum Gasteiger partial charge on any atom is -0.493 e. The molecule has 10 heteroatoms. The third-order valence-electron chi connectivity index (χ3n) is 4.51. The van der Waals surface area contributed by atoms with Gasteiger partial charge in [0.25, 0.3) is 0 Å². The number of ether oxygens (including phenoxy) is 3. The molecule has 0 saturated heterocycles. The first-order valence-electron chi connectivity index (χ1n) is 9.80. The predicted octanol–water partition coefficient (Wildman–Crippen LogP) is 3.13. The molecule has 1 aliphatic rings. The molecule has 1 unspecified atom stereocenters. The number of aromatic nitrogens is 2. The Morgan fingerprint density at radius 3 is 2.73 bits per heavy atom. The van der Waals surface area contributed by atoms with Crippen molar-refractivity contribution in [2.45, 2.75) is 49.3 Å². The first-order chi connectivity index (χ1) is 14.5. The van der Waals surface area contributed by atoms with Crippen molar-refractivity contribution in [2.75, 3.05) is 31.5 Å². The van der Waals surface area contributed by atoms with Gasteiger partial charge in [-0.05, 0) is 30.5 Å². The summed E-state index contributed by atoms with van der Waals surface area (Å²) in [6, 6.07) is 5.84. The number of anilines is 1. The number of benzene rings is 1. The molecule has 30 heavy (non-hydrogen) atoms. The van der Waals surface area contributed by atoms with Crippen molar-refractivity contribution in [3.63, 3.8) is 0 Å². The zero-order chi connectivity index (χ0) is 21.5. The van der Waals surface area contributed by atoms with E-state index < -0.39 is 6.10 Å². The van der Waals surface area contributed by atoms with E-state index in [-0.39, 0.29) is 18.6 Å². The van der Waals surface area contributed by atoms with Crippen LogP contribution in [0, 0.1) is 0 Å². The largest absolute Gasteiger partial charge is 0.493 e. The fraction of sp³-hybridized carbons (Fsp3) is 0.550. The van der Waals surface area contributed by atoms with E-state index in [9.17, 15) is 9.90 Å². The number of amides is 1. The Morgan fingerprint density at radius 2 is 2.07 bits per heavy atom. The van der Waals surface area contributed by atoms with Crippen LogP contribution in [0.25, 0.3) is 0 Å². The Hall–Kier alpha value is -1.88. The Labute approximate surface area is 184 Å². The molecule has 1 N–H and O–H groups in total. The van der Waals surface area contributed by atoms with Crippen LogP contribution in [-0.2, 0) is 16.1 Å². The normalized spacial score (nSPS) is 14.4. The Morgan fingerprint density at radius 1 is 1.30 bits per heavy atom. The summed E-state index contributed by atoms with van der Waals surface area (Å²) >= 11 is 2.81. The first kappa shape index (κ1) is 22.8. The number of carbonyl (C=O) groups is 1.